The van der Waals surface area contributed by atoms with Crippen molar-refractivity contribution in [2.45, 2.75) is 25.6 Å². The number of carbonyl (C=O) groups is 1. The number of rotatable bonds is 9. The molecule has 0 saturated carbocycles. The first-order valence-corrected chi connectivity index (χ1v) is 12.7. The topological polar surface area (TPSA) is 66.5 Å². The van der Waals surface area contributed by atoms with E-state index in [-0.39, 0.29) is 5.91 Å². The van der Waals surface area contributed by atoms with E-state index in [2.05, 4.69) is 5.32 Å². The zero-order valence-electron chi connectivity index (χ0n) is 16.5. The highest BCUT2D eigenvalue weighted by Gasteiger charge is 2.30. The fourth-order valence-electron chi connectivity index (χ4n) is 2.77. The average Bonchev–Trinajstić information content (AvgIpc) is 2.64. The molecule has 5 nitrogen and oxygen atoms in total. The van der Waals surface area contributed by atoms with Crippen molar-refractivity contribution in [1.29, 1.82) is 0 Å². The molecule has 2 aromatic carbocycles. The lowest BCUT2D eigenvalue weighted by molar-refractivity contribution is -0.121. The van der Waals surface area contributed by atoms with Crippen molar-refractivity contribution >= 4 is 56.6 Å². The predicted octanol–water partition coefficient (Wildman–Crippen LogP) is 4.51. The second-order valence-electron chi connectivity index (χ2n) is 6.64. The summed E-state index contributed by atoms with van der Waals surface area (Å²) in [6.45, 7) is 3.78. The van der Waals surface area contributed by atoms with Gasteiger partial charge < -0.3 is 5.32 Å². The van der Waals surface area contributed by atoms with E-state index in [1.165, 1.54) is 0 Å². The molecular formula is C20H24Cl2N2O3S2. The van der Waals surface area contributed by atoms with Crippen LogP contribution in [0.15, 0.2) is 42.5 Å². The molecule has 0 saturated heterocycles. The van der Waals surface area contributed by atoms with E-state index < -0.39 is 16.1 Å². The van der Waals surface area contributed by atoms with E-state index in [4.69, 9.17) is 23.2 Å². The zero-order valence-corrected chi connectivity index (χ0v) is 19.6. The van der Waals surface area contributed by atoms with Crippen molar-refractivity contribution in [3.8, 4) is 0 Å². The summed E-state index contributed by atoms with van der Waals surface area (Å²) >= 11 is 13.6. The molecule has 0 bridgehead atoms. The lowest BCUT2D eigenvalue weighted by atomic mass is 10.2. The molecule has 0 aliphatic heterocycles. The van der Waals surface area contributed by atoms with Crippen molar-refractivity contribution in [3.63, 3.8) is 0 Å². The Labute approximate surface area is 186 Å². The van der Waals surface area contributed by atoms with Crippen LogP contribution < -0.4 is 9.62 Å². The molecule has 1 atom stereocenters. The van der Waals surface area contributed by atoms with Crippen molar-refractivity contribution < 1.29 is 13.2 Å². The van der Waals surface area contributed by atoms with Gasteiger partial charge in [0.05, 0.1) is 11.9 Å². The molecule has 0 aromatic heterocycles. The van der Waals surface area contributed by atoms with Gasteiger partial charge in [-0.1, -0.05) is 41.4 Å². The normalized spacial score (nSPS) is 12.4. The highest BCUT2D eigenvalue weighted by Crippen LogP contribution is 2.28. The van der Waals surface area contributed by atoms with E-state index in [1.807, 2.05) is 24.3 Å². The average molecular weight is 475 g/mol. The summed E-state index contributed by atoms with van der Waals surface area (Å²) in [4.78, 5) is 12.6. The van der Waals surface area contributed by atoms with Crippen molar-refractivity contribution in [1.82, 2.24) is 5.32 Å². The van der Waals surface area contributed by atoms with E-state index in [9.17, 15) is 13.2 Å². The van der Waals surface area contributed by atoms with Crippen LogP contribution in [0.5, 0.6) is 0 Å². The molecule has 0 spiro atoms. The number of benzene rings is 2. The summed E-state index contributed by atoms with van der Waals surface area (Å²) in [5.74, 6) is 1.15. The van der Waals surface area contributed by atoms with Crippen LogP contribution in [0, 0.1) is 6.92 Å². The number of hydrogen-bond acceptors (Lipinski definition) is 4. The number of amides is 1. The summed E-state index contributed by atoms with van der Waals surface area (Å²) < 4.78 is 25.9. The standard InChI is InChI=1S/C20H24Cl2N2O3S2/c1-14-4-7-18(22)12-19(14)24(29(3,26)27)15(2)20(25)23-10-11-28-13-16-5-8-17(21)9-6-16/h4-9,12,15H,10-11,13H2,1-3H3,(H,23,25)/t15-/m1/s1. The minimum Gasteiger partial charge on any atom is -0.353 e. The monoisotopic (exact) mass is 474 g/mol. The zero-order chi connectivity index (χ0) is 21.6. The number of anilines is 1. The molecule has 0 heterocycles. The first-order chi connectivity index (χ1) is 13.6. The highest BCUT2D eigenvalue weighted by molar-refractivity contribution is 7.98. The van der Waals surface area contributed by atoms with Crippen LogP contribution in [-0.4, -0.2) is 38.9 Å². The smallest absolute Gasteiger partial charge is 0.243 e. The number of thioether (sulfide) groups is 1. The Bertz CT molecular complexity index is 951. The minimum absolute atomic E-state index is 0.359. The van der Waals surface area contributed by atoms with Gasteiger partial charge in [-0.05, 0) is 49.2 Å². The molecule has 2 aromatic rings. The maximum absolute atomic E-state index is 12.6. The van der Waals surface area contributed by atoms with Crippen LogP contribution in [-0.2, 0) is 20.6 Å². The Morgan fingerprint density at radius 3 is 2.38 bits per heavy atom. The van der Waals surface area contributed by atoms with Gasteiger partial charge in [0, 0.05) is 28.1 Å². The number of nitrogens with one attached hydrogen (secondary N) is 1. The van der Waals surface area contributed by atoms with Crippen molar-refractivity contribution in [2.24, 2.45) is 0 Å². The van der Waals surface area contributed by atoms with Crippen LogP contribution in [0.3, 0.4) is 0 Å². The molecule has 29 heavy (non-hydrogen) atoms. The molecule has 0 radical (unpaired) electrons. The van der Waals surface area contributed by atoms with Crippen LogP contribution >= 0.6 is 35.0 Å². The highest BCUT2D eigenvalue weighted by atomic mass is 35.5. The van der Waals surface area contributed by atoms with Crippen molar-refractivity contribution in [2.75, 3.05) is 22.9 Å². The quantitative estimate of drug-likeness (QED) is 0.543. The third kappa shape index (κ3) is 7.10. The van der Waals surface area contributed by atoms with Gasteiger partial charge in [0.2, 0.25) is 15.9 Å². The fraction of sp³-hybridized carbons (Fsp3) is 0.350. The van der Waals surface area contributed by atoms with Gasteiger partial charge in [0.25, 0.3) is 0 Å². The lowest BCUT2D eigenvalue weighted by Crippen LogP contribution is -2.48. The third-order valence-electron chi connectivity index (χ3n) is 4.22. The van der Waals surface area contributed by atoms with Crippen LogP contribution in [0.4, 0.5) is 5.69 Å². The largest absolute Gasteiger partial charge is 0.353 e. The summed E-state index contributed by atoms with van der Waals surface area (Å²) in [5, 5.41) is 3.92. The lowest BCUT2D eigenvalue weighted by Gasteiger charge is -2.29. The van der Waals surface area contributed by atoms with Gasteiger partial charge in [0.1, 0.15) is 6.04 Å². The summed E-state index contributed by atoms with van der Waals surface area (Å²) in [7, 11) is -3.68. The number of halogens is 2. The van der Waals surface area contributed by atoms with E-state index >= 15 is 0 Å². The number of sulfonamides is 1. The maximum Gasteiger partial charge on any atom is 0.243 e. The molecule has 1 N–H and O–H groups in total. The molecule has 0 fully saturated rings. The van der Waals surface area contributed by atoms with Crippen LogP contribution in [0.2, 0.25) is 10.0 Å². The number of carbonyl (C=O) groups excluding carboxylic acids is 1. The second kappa shape index (κ2) is 10.6. The van der Waals surface area contributed by atoms with Crippen LogP contribution in [0.1, 0.15) is 18.1 Å². The molecule has 0 unspecified atom stereocenters. The summed E-state index contributed by atoms with van der Waals surface area (Å²) in [5.41, 5.74) is 2.27. The molecular weight excluding hydrogens is 451 g/mol. The Balaban J connectivity index is 1.95. The molecule has 2 rings (SSSR count). The number of hydrogen-bond donors (Lipinski definition) is 1. The molecule has 1 amide bonds. The Morgan fingerprint density at radius 1 is 1.14 bits per heavy atom. The van der Waals surface area contributed by atoms with Gasteiger partial charge in [-0.25, -0.2) is 8.42 Å². The SMILES string of the molecule is Cc1ccc(Cl)cc1N([C@H](C)C(=O)NCCSCc1ccc(Cl)cc1)S(C)(=O)=O. The second-order valence-corrected chi connectivity index (χ2v) is 10.5. The summed E-state index contributed by atoms with van der Waals surface area (Å²) in [6.07, 6.45) is 1.08. The van der Waals surface area contributed by atoms with E-state index in [1.54, 1.807) is 43.8 Å². The first-order valence-electron chi connectivity index (χ1n) is 8.95. The van der Waals surface area contributed by atoms with Gasteiger partial charge in [-0.15, -0.1) is 0 Å². The molecule has 158 valence electrons. The number of nitrogens with zero attached hydrogens (tertiary/aromatic N) is 1. The number of aryl methyl sites for hydroxylation is 1. The van der Waals surface area contributed by atoms with Gasteiger partial charge in [0.15, 0.2) is 0 Å². The Kier molecular flexibility index (Phi) is 8.70. The first kappa shape index (κ1) is 23.9. The molecule has 0 aliphatic carbocycles. The molecule has 9 heteroatoms. The van der Waals surface area contributed by atoms with Crippen LogP contribution in [0.25, 0.3) is 0 Å². The fourth-order valence-corrected chi connectivity index (χ4v) is 5.10. The molecule has 0 aliphatic rings. The minimum atomic E-state index is -3.68. The predicted molar refractivity (Wildman–Crippen MR) is 124 cm³/mol. The van der Waals surface area contributed by atoms with Gasteiger partial charge in [-0.3, -0.25) is 9.10 Å². The van der Waals surface area contributed by atoms with E-state index in [0.29, 0.717) is 28.0 Å². The van der Waals surface area contributed by atoms with Crippen molar-refractivity contribution in [3.05, 3.63) is 63.6 Å². The summed E-state index contributed by atoms with van der Waals surface area (Å²) in [6, 6.07) is 11.7. The third-order valence-corrected chi connectivity index (χ3v) is 6.97. The maximum atomic E-state index is 12.6. The Hall–Kier alpha value is -1.41. The Morgan fingerprint density at radius 2 is 1.76 bits per heavy atom. The van der Waals surface area contributed by atoms with E-state index in [0.717, 1.165) is 27.4 Å². The van der Waals surface area contributed by atoms with Gasteiger partial charge >= 0.3 is 0 Å². The van der Waals surface area contributed by atoms with Gasteiger partial charge in [-0.2, -0.15) is 11.8 Å².